The molecule has 3 aromatic rings. The molecule has 0 bridgehead atoms. The predicted molar refractivity (Wildman–Crippen MR) is 127 cm³/mol. The minimum Gasteiger partial charge on any atom is -0.475 e. The Kier molecular flexibility index (Phi) is 8.35. The van der Waals surface area contributed by atoms with Crippen molar-refractivity contribution in [3.05, 3.63) is 48.7 Å². The summed E-state index contributed by atoms with van der Waals surface area (Å²) < 4.78 is 60.3. The van der Waals surface area contributed by atoms with E-state index in [9.17, 15) is 26.7 Å². The van der Waals surface area contributed by atoms with Crippen LogP contribution in [0.5, 0.6) is 0 Å². The molecule has 1 saturated carbocycles. The number of aliphatic hydroxyl groups is 1. The first-order chi connectivity index (χ1) is 17.2. The fourth-order valence-corrected chi connectivity index (χ4v) is 4.95. The summed E-state index contributed by atoms with van der Waals surface area (Å²) in [7, 11) is -3.71. The molecule has 14 heteroatoms. The van der Waals surface area contributed by atoms with Crippen LogP contribution in [0.4, 0.5) is 13.2 Å². The number of nitrogens with zero attached hydrogens (tertiary/aromatic N) is 3. The van der Waals surface area contributed by atoms with Crippen LogP contribution >= 0.6 is 0 Å². The van der Waals surface area contributed by atoms with Gasteiger partial charge in [0.25, 0.3) is 0 Å². The van der Waals surface area contributed by atoms with Crippen LogP contribution in [0.15, 0.2) is 47.9 Å². The maximum absolute atomic E-state index is 12.9. The lowest BCUT2D eigenvalue weighted by Crippen LogP contribution is -2.42. The van der Waals surface area contributed by atoms with Crippen molar-refractivity contribution < 1.29 is 36.6 Å². The minimum atomic E-state index is -5.08. The van der Waals surface area contributed by atoms with Crippen molar-refractivity contribution in [2.45, 2.75) is 62.2 Å². The number of carboxylic acid groups (broad SMARTS) is 1. The van der Waals surface area contributed by atoms with Gasteiger partial charge in [-0.15, -0.1) is 0 Å². The number of aliphatic carboxylic acids is 1. The Morgan fingerprint density at radius 1 is 1.19 bits per heavy atom. The van der Waals surface area contributed by atoms with Gasteiger partial charge in [-0.05, 0) is 63.3 Å². The standard InChI is InChI=1S/C21H25N5O3S.C2HF3O2/c1-14-11-24-20(25-14)19-10-15(5-8-23-19)16-9-18(13-22-12-16)30(28,29)26-17-3-6-21(2,27)7-4-17;3-2(4,5)1(6)7/h5,8-13,17,26-27H,3-4,6-7H2,1-2H3,(H,24,25);(H,6,7). The molecule has 4 rings (SSSR count). The highest BCUT2D eigenvalue weighted by atomic mass is 32.2. The van der Waals surface area contributed by atoms with Crippen LogP contribution in [-0.4, -0.2) is 62.4 Å². The van der Waals surface area contributed by atoms with Crippen molar-refractivity contribution in [2.75, 3.05) is 0 Å². The number of aryl methyl sites for hydroxylation is 1. The second-order valence-electron chi connectivity index (χ2n) is 8.92. The third-order valence-corrected chi connectivity index (χ3v) is 7.18. The molecule has 0 amide bonds. The van der Waals surface area contributed by atoms with Crippen LogP contribution in [-0.2, 0) is 14.8 Å². The van der Waals surface area contributed by atoms with Gasteiger partial charge in [0, 0.05) is 36.4 Å². The molecule has 200 valence electrons. The van der Waals surface area contributed by atoms with E-state index in [0.29, 0.717) is 42.8 Å². The number of nitrogens with one attached hydrogen (secondary N) is 2. The fraction of sp³-hybridized carbons (Fsp3) is 0.391. The largest absolute Gasteiger partial charge is 0.490 e. The molecule has 1 aliphatic carbocycles. The summed E-state index contributed by atoms with van der Waals surface area (Å²) in [6.07, 6.45) is 3.72. The van der Waals surface area contributed by atoms with E-state index in [0.717, 1.165) is 11.3 Å². The molecule has 0 spiro atoms. The summed E-state index contributed by atoms with van der Waals surface area (Å²) in [5.74, 6) is -2.10. The van der Waals surface area contributed by atoms with Gasteiger partial charge in [-0.2, -0.15) is 13.2 Å². The average molecular weight is 542 g/mol. The summed E-state index contributed by atoms with van der Waals surface area (Å²) in [5.41, 5.74) is 2.29. The third-order valence-electron chi connectivity index (χ3n) is 5.69. The Hall–Kier alpha value is -3.36. The van der Waals surface area contributed by atoms with E-state index in [2.05, 4.69) is 24.7 Å². The van der Waals surface area contributed by atoms with Crippen molar-refractivity contribution in [3.63, 3.8) is 0 Å². The van der Waals surface area contributed by atoms with Gasteiger partial charge in [0.2, 0.25) is 10.0 Å². The van der Waals surface area contributed by atoms with Gasteiger partial charge in [0.05, 0.1) is 11.3 Å². The lowest BCUT2D eigenvalue weighted by atomic mass is 9.84. The maximum atomic E-state index is 12.9. The van der Waals surface area contributed by atoms with E-state index in [1.165, 1.54) is 6.20 Å². The summed E-state index contributed by atoms with van der Waals surface area (Å²) in [6, 6.07) is 5.08. The monoisotopic (exact) mass is 541 g/mol. The zero-order chi connectivity index (χ0) is 27.4. The molecule has 0 unspecified atom stereocenters. The van der Waals surface area contributed by atoms with E-state index in [-0.39, 0.29) is 10.9 Å². The van der Waals surface area contributed by atoms with Crippen LogP contribution < -0.4 is 4.72 Å². The molecule has 10 nitrogen and oxygen atoms in total. The highest BCUT2D eigenvalue weighted by Crippen LogP contribution is 2.29. The van der Waals surface area contributed by atoms with E-state index < -0.39 is 27.8 Å². The van der Waals surface area contributed by atoms with E-state index >= 15 is 0 Å². The number of hydrogen-bond acceptors (Lipinski definition) is 7. The van der Waals surface area contributed by atoms with Crippen molar-refractivity contribution in [1.29, 1.82) is 0 Å². The van der Waals surface area contributed by atoms with Gasteiger partial charge in [-0.3, -0.25) is 9.97 Å². The molecule has 3 heterocycles. The number of sulfonamides is 1. The van der Waals surface area contributed by atoms with Crippen LogP contribution in [0.25, 0.3) is 22.6 Å². The Balaban J connectivity index is 0.000000479. The lowest BCUT2D eigenvalue weighted by Gasteiger charge is -2.33. The van der Waals surface area contributed by atoms with Gasteiger partial charge < -0.3 is 15.2 Å². The number of halogens is 3. The van der Waals surface area contributed by atoms with Crippen molar-refractivity contribution >= 4 is 16.0 Å². The third kappa shape index (κ3) is 7.81. The zero-order valence-electron chi connectivity index (χ0n) is 20.0. The summed E-state index contributed by atoms with van der Waals surface area (Å²) in [4.78, 5) is 25.0. The van der Waals surface area contributed by atoms with Crippen molar-refractivity contribution in [3.8, 4) is 22.6 Å². The second kappa shape index (κ2) is 10.9. The Morgan fingerprint density at radius 2 is 1.84 bits per heavy atom. The van der Waals surface area contributed by atoms with Crippen LogP contribution in [0, 0.1) is 6.92 Å². The molecule has 1 aliphatic rings. The molecule has 1 fully saturated rings. The van der Waals surface area contributed by atoms with E-state index in [1.807, 2.05) is 19.1 Å². The SMILES string of the molecule is Cc1c[nH]c(-c2cc(-c3cncc(S(=O)(=O)NC4CCC(C)(O)CC4)c3)ccn2)n1.O=C(O)C(F)(F)F. The van der Waals surface area contributed by atoms with Crippen molar-refractivity contribution in [1.82, 2.24) is 24.7 Å². The minimum absolute atomic E-state index is 0.115. The molecule has 0 aliphatic heterocycles. The first kappa shape index (κ1) is 28.2. The molecule has 3 aromatic heterocycles. The molecule has 4 N–H and O–H groups in total. The number of H-pyrrole nitrogens is 1. The molecule has 37 heavy (non-hydrogen) atoms. The van der Waals surface area contributed by atoms with E-state index in [1.54, 1.807) is 31.6 Å². The lowest BCUT2D eigenvalue weighted by molar-refractivity contribution is -0.192. The second-order valence-corrected chi connectivity index (χ2v) is 10.6. The molecule has 0 saturated heterocycles. The highest BCUT2D eigenvalue weighted by Gasteiger charge is 2.38. The van der Waals surface area contributed by atoms with Gasteiger partial charge in [0.15, 0.2) is 5.82 Å². The zero-order valence-corrected chi connectivity index (χ0v) is 20.8. The molecule has 0 radical (unpaired) electrons. The average Bonchev–Trinajstić information content (AvgIpc) is 3.27. The van der Waals surface area contributed by atoms with Crippen LogP contribution in [0.1, 0.15) is 38.3 Å². The molecular weight excluding hydrogens is 515 g/mol. The molecule has 0 aromatic carbocycles. The number of aromatic nitrogens is 4. The van der Waals surface area contributed by atoms with Gasteiger partial charge in [-0.25, -0.2) is 22.9 Å². The normalized spacial score (nSPS) is 20.1. The quantitative estimate of drug-likeness (QED) is 0.382. The number of carbonyl (C=O) groups is 1. The highest BCUT2D eigenvalue weighted by molar-refractivity contribution is 7.89. The summed E-state index contributed by atoms with van der Waals surface area (Å²) >= 11 is 0. The smallest absolute Gasteiger partial charge is 0.475 e. The van der Waals surface area contributed by atoms with Gasteiger partial charge >= 0.3 is 12.1 Å². The number of alkyl halides is 3. The Morgan fingerprint density at radius 3 is 2.41 bits per heavy atom. The number of hydrogen-bond donors (Lipinski definition) is 4. The van der Waals surface area contributed by atoms with Crippen LogP contribution in [0.2, 0.25) is 0 Å². The maximum Gasteiger partial charge on any atom is 0.490 e. The van der Waals surface area contributed by atoms with Gasteiger partial charge in [-0.1, -0.05) is 0 Å². The fourth-order valence-electron chi connectivity index (χ4n) is 3.65. The molecular formula is C23H26F3N5O5S. The van der Waals surface area contributed by atoms with Crippen molar-refractivity contribution in [2.24, 2.45) is 0 Å². The number of pyridine rings is 2. The first-order valence-corrected chi connectivity index (χ1v) is 12.6. The van der Waals surface area contributed by atoms with Crippen LogP contribution in [0.3, 0.4) is 0 Å². The Labute approximate surface area is 211 Å². The van der Waals surface area contributed by atoms with Gasteiger partial charge in [0.1, 0.15) is 10.6 Å². The number of imidazole rings is 1. The van der Waals surface area contributed by atoms with E-state index in [4.69, 9.17) is 9.90 Å². The predicted octanol–water partition coefficient (Wildman–Crippen LogP) is 3.45. The molecule has 0 atom stereocenters. The Bertz CT molecular complexity index is 1350. The summed E-state index contributed by atoms with van der Waals surface area (Å²) in [6.45, 7) is 3.68. The summed E-state index contributed by atoms with van der Waals surface area (Å²) in [5, 5.41) is 17.2. The first-order valence-electron chi connectivity index (χ1n) is 11.1. The number of rotatable bonds is 5. The topological polar surface area (TPSA) is 158 Å². The number of aromatic amines is 1. The number of carboxylic acids is 1.